The predicted molar refractivity (Wildman–Crippen MR) is 146 cm³/mol. The second-order valence-electron chi connectivity index (χ2n) is 11.5. The van der Waals surface area contributed by atoms with Crippen molar-refractivity contribution < 1.29 is 19.2 Å². The third-order valence-electron chi connectivity index (χ3n) is 8.75. The number of carboxylic acids is 1. The molecule has 2 bridgehead atoms. The Morgan fingerprint density at radius 1 is 1.08 bits per heavy atom. The standard InChI is InChI=1S/C30H30Cl2N2O4/c1-28(2,27(35)36)19-5-7-20(8-6-19)30-13-11-29(12-14-30,17-37-30)10-9-21-25(34-38-26(21)18-3-4-18)24-22(31)15-33-16-23(24)32/h5-10,15-16,18H,3-4,11-14,17H2,1-2H3,(H,35,36). The van der Waals surface area contributed by atoms with Crippen LogP contribution in [-0.2, 0) is 20.5 Å². The third-order valence-corrected chi connectivity index (χ3v) is 9.33. The van der Waals surface area contributed by atoms with E-state index in [9.17, 15) is 9.90 Å². The molecule has 8 heteroatoms. The van der Waals surface area contributed by atoms with Crippen LogP contribution >= 0.6 is 23.2 Å². The summed E-state index contributed by atoms with van der Waals surface area (Å²) in [5.41, 5.74) is 2.85. The number of nitrogens with zero attached hydrogens (tertiary/aromatic N) is 2. The number of aliphatic carboxylic acids is 1. The van der Waals surface area contributed by atoms with Gasteiger partial charge in [-0.3, -0.25) is 9.78 Å². The maximum absolute atomic E-state index is 11.7. The maximum Gasteiger partial charge on any atom is 0.313 e. The van der Waals surface area contributed by atoms with E-state index in [0.717, 1.165) is 61.0 Å². The average molecular weight is 553 g/mol. The topological polar surface area (TPSA) is 85.5 Å². The van der Waals surface area contributed by atoms with E-state index in [4.69, 9.17) is 32.5 Å². The number of ether oxygens (including phenoxy) is 1. The van der Waals surface area contributed by atoms with E-state index >= 15 is 0 Å². The van der Waals surface area contributed by atoms with Gasteiger partial charge in [-0.25, -0.2) is 0 Å². The lowest BCUT2D eigenvalue weighted by molar-refractivity contribution is -0.173. The number of benzene rings is 1. The fourth-order valence-electron chi connectivity index (χ4n) is 5.81. The molecule has 6 nitrogen and oxygen atoms in total. The molecule has 198 valence electrons. The number of carbonyl (C=O) groups is 1. The number of halogens is 2. The molecule has 7 rings (SSSR count). The number of fused-ring (bicyclic) bond motifs is 3. The zero-order chi connectivity index (χ0) is 26.7. The Morgan fingerprint density at radius 2 is 1.74 bits per heavy atom. The highest BCUT2D eigenvalue weighted by molar-refractivity contribution is 6.39. The molecular formula is C30H30Cl2N2O4. The Balaban J connectivity index is 1.25. The summed E-state index contributed by atoms with van der Waals surface area (Å²) in [6.45, 7) is 4.09. The molecule has 2 aliphatic heterocycles. The minimum Gasteiger partial charge on any atom is -0.481 e. The fraction of sp³-hybridized carbons (Fsp3) is 0.433. The van der Waals surface area contributed by atoms with Crippen LogP contribution in [0.1, 0.15) is 80.7 Å². The Bertz CT molecular complexity index is 1380. The van der Waals surface area contributed by atoms with Crippen molar-refractivity contribution in [3.05, 3.63) is 75.2 Å². The summed E-state index contributed by atoms with van der Waals surface area (Å²) < 4.78 is 12.4. The van der Waals surface area contributed by atoms with Crippen LogP contribution < -0.4 is 0 Å². The Morgan fingerprint density at radius 3 is 2.29 bits per heavy atom. The van der Waals surface area contributed by atoms with Gasteiger partial charge in [-0.05, 0) is 63.5 Å². The molecule has 38 heavy (non-hydrogen) atoms. The molecule has 4 heterocycles. The average Bonchev–Trinajstić information content (AvgIpc) is 3.68. The summed E-state index contributed by atoms with van der Waals surface area (Å²) in [4.78, 5) is 15.7. The van der Waals surface area contributed by atoms with Crippen LogP contribution in [0.2, 0.25) is 10.0 Å². The molecule has 2 aliphatic carbocycles. The molecule has 3 aromatic rings. The van der Waals surface area contributed by atoms with E-state index in [-0.39, 0.29) is 11.0 Å². The number of rotatable bonds is 7. The molecule has 2 saturated heterocycles. The molecule has 0 atom stereocenters. The minimum absolute atomic E-state index is 0.0613. The van der Waals surface area contributed by atoms with Crippen LogP contribution in [0.5, 0.6) is 0 Å². The monoisotopic (exact) mass is 552 g/mol. The van der Waals surface area contributed by atoms with Gasteiger partial charge in [0.25, 0.3) is 0 Å². The summed E-state index contributed by atoms with van der Waals surface area (Å²) in [5.74, 6) is 0.437. The quantitative estimate of drug-likeness (QED) is 0.322. The van der Waals surface area contributed by atoms with Gasteiger partial charge in [0.1, 0.15) is 11.5 Å². The molecule has 1 aromatic carbocycles. The molecule has 0 amide bonds. The molecular weight excluding hydrogens is 523 g/mol. The van der Waals surface area contributed by atoms with Gasteiger partial charge in [0.2, 0.25) is 0 Å². The summed E-state index contributed by atoms with van der Waals surface area (Å²) in [5, 5.41) is 14.8. The normalized spacial score (nSPS) is 25.3. The van der Waals surface area contributed by atoms with E-state index in [1.165, 1.54) is 0 Å². The first-order valence-electron chi connectivity index (χ1n) is 13.1. The lowest BCUT2D eigenvalue weighted by Crippen LogP contribution is -2.48. The van der Waals surface area contributed by atoms with E-state index < -0.39 is 11.4 Å². The van der Waals surface area contributed by atoms with Gasteiger partial charge < -0.3 is 14.4 Å². The van der Waals surface area contributed by atoms with Crippen molar-refractivity contribution in [2.24, 2.45) is 5.41 Å². The number of hydrogen-bond donors (Lipinski definition) is 1. The van der Waals surface area contributed by atoms with Crippen molar-refractivity contribution in [1.82, 2.24) is 10.1 Å². The van der Waals surface area contributed by atoms with Crippen LogP contribution in [0.3, 0.4) is 0 Å². The summed E-state index contributed by atoms with van der Waals surface area (Å²) in [6.07, 6.45) is 13.6. The number of carboxylic acid groups (broad SMARTS) is 1. The summed E-state index contributed by atoms with van der Waals surface area (Å²) in [7, 11) is 0. The lowest BCUT2D eigenvalue weighted by atomic mass is 9.64. The van der Waals surface area contributed by atoms with Crippen LogP contribution in [0.4, 0.5) is 0 Å². The van der Waals surface area contributed by atoms with E-state index in [1.807, 2.05) is 24.3 Å². The molecule has 1 N–H and O–H groups in total. The van der Waals surface area contributed by atoms with E-state index in [1.54, 1.807) is 26.2 Å². The maximum atomic E-state index is 11.7. The molecule has 0 unspecified atom stereocenters. The van der Waals surface area contributed by atoms with Crippen LogP contribution in [0.25, 0.3) is 17.3 Å². The smallest absolute Gasteiger partial charge is 0.313 e. The van der Waals surface area contributed by atoms with Gasteiger partial charge in [0.05, 0.1) is 27.7 Å². The third kappa shape index (κ3) is 4.27. The molecule has 0 radical (unpaired) electrons. The van der Waals surface area contributed by atoms with Crippen LogP contribution in [-0.4, -0.2) is 27.8 Å². The Kier molecular flexibility index (Phi) is 6.21. The first kappa shape index (κ1) is 25.6. The number of hydrogen-bond acceptors (Lipinski definition) is 5. The van der Waals surface area contributed by atoms with Crippen molar-refractivity contribution in [2.75, 3.05) is 6.61 Å². The highest BCUT2D eigenvalue weighted by Crippen LogP contribution is 2.55. The van der Waals surface area contributed by atoms with Crippen molar-refractivity contribution in [3.63, 3.8) is 0 Å². The van der Waals surface area contributed by atoms with E-state index in [2.05, 4.69) is 22.3 Å². The van der Waals surface area contributed by atoms with Gasteiger partial charge in [0, 0.05) is 34.9 Å². The lowest BCUT2D eigenvalue weighted by Gasteiger charge is -2.52. The van der Waals surface area contributed by atoms with Crippen molar-refractivity contribution in [2.45, 2.75) is 69.3 Å². The SMILES string of the molecule is CC(C)(C(=O)O)c1ccc(C23CCC(C=Cc4c(-c5c(Cl)cncc5Cl)noc4C4CC4)(CC2)CO3)cc1. The van der Waals surface area contributed by atoms with Crippen molar-refractivity contribution in [3.8, 4) is 11.3 Å². The van der Waals surface area contributed by atoms with Gasteiger partial charge in [-0.15, -0.1) is 0 Å². The molecule has 0 spiro atoms. The van der Waals surface area contributed by atoms with Crippen LogP contribution in [0, 0.1) is 5.41 Å². The highest BCUT2D eigenvalue weighted by atomic mass is 35.5. The molecule has 2 aromatic heterocycles. The Labute approximate surface area is 232 Å². The van der Waals surface area contributed by atoms with Gasteiger partial charge >= 0.3 is 5.97 Å². The van der Waals surface area contributed by atoms with Crippen molar-refractivity contribution in [1.29, 1.82) is 0 Å². The number of pyridine rings is 1. The Hall–Kier alpha value is -2.67. The first-order chi connectivity index (χ1) is 18.1. The number of aromatic nitrogens is 2. The molecule has 4 fully saturated rings. The largest absolute Gasteiger partial charge is 0.481 e. The highest BCUT2D eigenvalue weighted by Gasteiger charge is 2.49. The van der Waals surface area contributed by atoms with E-state index in [0.29, 0.717) is 33.8 Å². The molecule has 4 aliphatic rings. The van der Waals surface area contributed by atoms with Crippen LogP contribution in [0.15, 0.2) is 47.3 Å². The summed E-state index contributed by atoms with van der Waals surface area (Å²) >= 11 is 12.9. The zero-order valence-corrected chi connectivity index (χ0v) is 23.0. The van der Waals surface area contributed by atoms with Gasteiger partial charge in [-0.1, -0.05) is 64.8 Å². The fourth-order valence-corrected chi connectivity index (χ4v) is 6.36. The first-order valence-corrected chi connectivity index (χ1v) is 13.9. The second kappa shape index (κ2) is 9.22. The van der Waals surface area contributed by atoms with Gasteiger partial charge in [0.15, 0.2) is 0 Å². The van der Waals surface area contributed by atoms with Gasteiger partial charge in [-0.2, -0.15) is 0 Å². The predicted octanol–water partition coefficient (Wildman–Crippen LogP) is 7.78. The summed E-state index contributed by atoms with van der Waals surface area (Å²) in [6, 6.07) is 7.95. The minimum atomic E-state index is -0.930. The molecule has 2 saturated carbocycles. The van der Waals surface area contributed by atoms with Crippen molar-refractivity contribution >= 4 is 35.2 Å². The second-order valence-corrected chi connectivity index (χ2v) is 12.4. The zero-order valence-electron chi connectivity index (χ0n) is 21.5.